The first-order chi connectivity index (χ1) is 11.3. The molecule has 0 aliphatic heterocycles. The zero-order chi connectivity index (χ0) is 17.3. The smallest absolute Gasteiger partial charge is 0.241 e. The fourth-order valence-electron chi connectivity index (χ4n) is 2.14. The number of fused-ring (bicyclic) bond motifs is 1. The van der Waals surface area contributed by atoms with Crippen molar-refractivity contribution in [2.75, 3.05) is 11.1 Å². The molecule has 1 aromatic heterocycles. The maximum atomic E-state index is 12.9. The van der Waals surface area contributed by atoms with E-state index in [0.29, 0.717) is 5.13 Å². The van der Waals surface area contributed by atoms with Crippen molar-refractivity contribution < 1.29 is 17.6 Å². The van der Waals surface area contributed by atoms with Crippen LogP contribution in [0.5, 0.6) is 0 Å². The molecule has 1 amide bonds. The van der Waals surface area contributed by atoms with Crippen LogP contribution in [0.3, 0.4) is 0 Å². The summed E-state index contributed by atoms with van der Waals surface area (Å²) < 4.78 is 38.1. The summed E-state index contributed by atoms with van der Waals surface area (Å²) in [6, 6.07) is 10.1. The number of aromatic nitrogens is 1. The Morgan fingerprint density at radius 2 is 1.92 bits per heavy atom. The van der Waals surface area contributed by atoms with E-state index in [0.717, 1.165) is 40.0 Å². The van der Waals surface area contributed by atoms with Crippen LogP contribution < -0.4 is 5.32 Å². The molecule has 0 unspecified atom stereocenters. The molecule has 8 heteroatoms. The predicted molar refractivity (Wildman–Crippen MR) is 91.4 cm³/mol. The van der Waals surface area contributed by atoms with Gasteiger partial charge in [0.25, 0.3) is 0 Å². The summed E-state index contributed by atoms with van der Waals surface area (Å²) in [6.45, 7) is 1.95. The standard InChI is InChI=1S/C16H13FN2O3S2/c1-10-2-7-13-14(8-10)23-16(18-13)19-15(20)9-24(21,22)12-5-3-11(17)4-6-12/h2-8H,9H2,1H3,(H,18,19,20). The van der Waals surface area contributed by atoms with Gasteiger partial charge in [-0.15, -0.1) is 0 Å². The van der Waals surface area contributed by atoms with E-state index in [2.05, 4.69) is 10.3 Å². The Morgan fingerprint density at radius 1 is 1.21 bits per heavy atom. The number of thiazole rings is 1. The highest BCUT2D eigenvalue weighted by atomic mass is 32.2. The first-order valence-corrected chi connectivity index (χ1v) is 9.46. The van der Waals surface area contributed by atoms with Gasteiger partial charge in [-0.05, 0) is 48.9 Å². The summed E-state index contributed by atoms with van der Waals surface area (Å²) in [5.41, 5.74) is 1.81. The van der Waals surface area contributed by atoms with Crippen molar-refractivity contribution in [1.29, 1.82) is 0 Å². The van der Waals surface area contributed by atoms with Gasteiger partial charge in [0, 0.05) is 0 Å². The number of nitrogens with one attached hydrogen (secondary N) is 1. The lowest BCUT2D eigenvalue weighted by Crippen LogP contribution is -2.22. The fourth-order valence-corrected chi connectivity index (χ4v) is 4.25. The van der Waals surface area contributed by atoms with Gasteiger partial charge >= 0.3 is 0 Å². The Bertz CT molecular complexity index is 1010. The normalized spacial score (nSPS) is 11.6. The van der Waals surface area contributed by atoms with Crippen LogP contribution in [0.2, 0.25) is 0 Å². The zero-order valence-electron chi connectivity index (χ0n) is 12.6. The number of halogens is 1. The van der Waals surface area contributed by atoms with Crippen LogP contribution in [-0.2, 0) is 14.6 Å². The van der Waals surface area contributed by atoms with E-state index in [1.54, 1.807) is 0 Å². The number of amides is 1. The van der Waals surface area contributed by atoms with E-state index in [4.69, 9.17) is 0 Å². The Labute approximate surface area is 142 Å². The minimum Gasteiger partial charge on any atom is -0.301 e. The third-order valence-electron chi connectivity index (χ3n) is 3.28. The number of sulfone groups is 1. The number of anilines is 1. The van der Waals surface area contributed by atoms with Crippen molar-refractivity contribution in [3.8, 4) is 0 Å². The highest BCUT2D eigenvalue weighted by Gasteiger charge is 2.20. The number of carbonyl (C=O) groups is 1. The molecule has 0 saturated carbocycles. The molecule has 3 aromatic rings. The van der Waals surface area contributed by atoms with E-state index >= 15 is 0 Å². The van der Waals surface area contributed by atoms with Crippen molar-refractivity contribution >= 4 is 42.4 Å². The molecule has 24 heavy (non-hydrogen) atoms. The average Bonchev–Trinajstić information content (AvgIpc) is 2.88. The van der Waals surface area contributed by atoms with Crippen molar-refractivity contribution in [3.63, 3.8) is 0 Å². The van der Waals surface area contributed by atoms with Gasteiger partial charge in [-0.3, -0.25) is 4.79 Å². The molecule has 0 radical (unpaired) electrons. The minimum absolute atomic E-state index is 0.0982. The monoisotopic (exact) mass is 364 g/mol. The van der Waals surface area contributed by atoms with Gasteiger partial charge in [-0.25, -0.2) is 17.8 Å². The van der Waals surface area contributed by atoms with E-state index in [9.17, 15) is 17.6 Å². The number of nitrogens with zero attached hydrogens (tertiary/aromatic N) is 1. The van der Waals surface area contributed by atoms with Gasteiger partial charge in [0.1, 0.15) is 11.6 Å². The minimum atomic E-state index is -3.84. The molecular formula is C16H13FN2O3S2. The van der Waals surface area contributed by atoms with Crippen LogP contribution in [0.4, 0.5) is 9.52 Å². The topological polar surface area (TPSA) is 76.1 Å². The third kappa shape index (κ3) is 3.60. The maximum Gasteiger partial charge on any atom is 0.241 e. The summed E-state index contributed by atoms with van der Waals surface area (Å²) in [6.07, 6.45) is 0. The van der Waals surface area contributed by atoms with Crippen molar-refractivity contribution in [3.05, 3.63) is 53.8 Å². The Balaban J connectivity index is 1.75. The number of hydrogen-bond acceptors (Lipinski definition) is 5. The lowest BCUT2D eigenvalue weighted by Gasteiger charge is -2.04. The van der Waals surface area contributed by atoms with Crippen molar-refractivity contribution in [2.24, 2.45) is 0 Å². The Hall–Kier alpha value is -2.32. The SMILES string of the molecule is Cc1ccc2nc(NC(=O)CS(=O)(=O)c3ccc(F)cc3)sc2c1. The van der Waals surface area contributed by atoms with Crippen molar-refractivity contribution in [2.45, 2.75) is 11.8 Å². The second-order valence-corrected chi connectivity index (χ2v) is 8.27. The molecule has 0 aliphatic carbocycles. The number of carbonyl (C=O) groups excluding carboxylic acids is 1. The summed E-state index contributed by atoms with van der Waals surface area (Å²) in [4.78, 5) is 16.2. The van der Waals surface area contributed by atoms with Gasteiger partial charge in [0.05, 0.1) is 15.1 Å². The summed E-state index contributed by atoms with van der Waals surface area (Å²) in [5.74, 6) is -1.95. The van der Waals surface area contributed by atoms with Crippen LogP contribution in [0.15, 0.2) is 47.4 Å². The molecule has 0 spiro atoms. The van der Waals surface area contributed by atoms with E-state index in [-0.39, 0.29) is 4.90 Å². The van der Waals surface area contributed by atoms with Gasteiger partial charge in [-0.2, -0.15) is 0 Å². The lowest BCUT2D eigenvalue weighted by molar-refractivity contribution is -0.113. The first kappa shape index (κ1) is 16.5. The van der Waals surface area contributed by atoms with E-state index in [1.165, 1.54) is 11.3 Å². The van der Waals surface area contributed by atoms with Crippen molar-refractivity contribution in [1.82, 2.24) is 4.98 Å². The molecule has 5 nitrogen and oxygen atoms in total. The fraction of sp³-hybridized carbons (Fsp3) is 0.125. The summed E-state index contributed by atoms with van der Waals surface area (Å²) in [5, 5.41) is 2.85. The van der Waals surface area contributed by atoms with E-state index in [1.807, 2.05) is 25.1 Å². The average molecular weight is 364 g/mol. The Kier molecular flexibility index (Phi) is 4.33. The highest BCUT2D eigenvalue weighted by molar-refractivity contribution is 7.92. The number of benzene rings is 2. The lowest BCUT2D eigenvalue weighted by atomic mass is 10.2. The molecule has 1 heterocycles. The molecule has 0 bridgehead atoms. The molecule has 124 valence electrons. The largest absolute Gasteiger partial charge is 0.301 e. The second kappa shape index (κ2) is 6.29. The first-order valence-electron chi connectivity index (χ1n) is 6.99. The third-order valence-corrected chi connectivity index (χ3v) is 5.85. The molecule has 3 rings (SSSR count). The second-order valence-electron chi connectivity index (χ2n) is 5.25. The molecular weight excluding hydrogens is 351 g/mol. The highest BCUT2D eigenvalue weighted by Crippen LogP contribution is 2.26. The van der Waals surface area contributed by atoms with Gasteiger partial charge < -0.3 is 5.32 Å². The quantitative estimate of drug-likeness (QED) is 0.722. The molecule has 0 saturated heterocycles. The van der Waals surface area contributed by atoms with Crippen LogP contribution in [0.1, 0.15) is 5.56 Å². The zero-order valence-corrected chi connectivity index (χ0v) is 14.2. The molecule has 1 N–H and O–H groups in total. The van der Waals surface area contributed by atoms with Gasteiger partial charge in [0.2, 0.25) is 5.91 Å². The number of aryl methyl sites for hydroxylation is 1. The van der Waals surface area contributed by atoms with Crippen LogP contribution in [0, 0.1) is 12.7 Å². The van der Waals surface area contributed by atoms with Gasteiger partial charge in [-0.1, -0.05) is 17.4 Å². The molecule has 0 atom stereocenters. The van der Waals surface area contributed by atoms with Crippen LogP contribution in [0.25, 0.3) is 10.2 Å². The van der Waals surface area contributed by atoms with Gasteiger partial charge in [0.15, 0.2) is 15.0 Å². The number of rotatable bonds is 4. The maximum absolute atomic E-state index is 12.9. The predicted octanol–water partition coefficient (Wildman–Crippen LogP) is 3.16. The van der Waals surface area contributed by atoms with E-state index < -0.39 is 27.3 Å². The molecule has 0 fully saturated rings. The van der Waals surface area contributed by atoms with Crippen LogP contribution in [-0.4, -0.2) is 25.1 Å². The van der Waals surface area contributed by atoms with Crippen LogP contribution >= 0.6 is 11.3 Å². The molecule has 0 aliphatic rings. The Morgan fingerprint density at radius 3 is 2.62 bits per heavy atom. The molecule has 2 aromatic carbocycles. The number of hydrogen-bond donors (Lipinski definition) is 1. The summed E-state index contributed by atoms with van der Waals surface area (Å²) >= 11 is 1.28. The summed E-state index contributed by atoms with van der Waals surface area (Å²) in [7, 11) is -3.84.